The minimum Gasteiger partial charge on any atom is -0.305 e. The van der Waals surface area contributed by atoms with Gasteiger partial charge >= 0.3 is 0 Å². The third kappa shape index (κ3) is 5.86. The van der Waals surface area contributed by atoms with E-state index in [4.69, 9.17) is 4.98 Å². The second-order valence-electron chi connectivity index (χ2n) is 11.0. The fourth-order valence-corrected chi connectivity index (χ4v) is 8.03. The molecule has 0 fully saturated rings. The van der Waals surface area contributed by atoms with Crippen LogP contribution in [0.2, 0.25) is 19.6 Å². The zero-order chi connectivity index (χ0) is 26.8. The fourth-order valence-electron chi connectivity index (χ4n) is 5.39. The molecule has 4 aromatic heterocycles. The fraction of sp³-hybridized carbons (Fsp3) is 0.206. The van der Waals surface area contributed by atoms with Gasteiger partial charge in [0, 0.05) is 38.7 Å². The van der Waals surface area contributed by atoms with Crippen LogP contribution in [0.1, 0.15) is 24.0 Å². The molecule has 0 amide bonds. The van der Waals surface area contributed by atoms with Crippen LogP contribution >= 0.6 is 11.3 Å². The molecule has 40 heavy (non-hydrogen) atoms. The maximum absolute atomic E-state index is 4.99. The van der Waals surface area contributed by atoms with E-state index in [-0.39, 0.29) is 20.1 Å². The molecule has 6 heteroatoms. The average molecular weight is 734 g/mol. The van der Waals surface area contributed by atoms with Crippen molar-refractivity contribution in [2.75, 3.05) is 0 Å². The summed E-state index contributed by atoms with van der Waals surface area (Å²) in [7, 11) is -1.38. The number of nitrogens with zero attached hydrogens (tertiary/aromatic N) is 3. The Morgan fingerprint density at radius 2 is 1.57 bits per heavy atom. The molecule has 2 aromatic carbocycles. The molecule has 4 heterocycles. The number of aromatic nitrogens is 3. The van der Waals surface area contributed by atoms with Crippen molar-refractivity contribution in [2.24, 2.45) is 0 Å². The van der Waals surface area contributed by atoms with Crippen LogP contribution in [-0.2, 0) is 32.9 Å². The SMILES string of the molecule is C[Si](C)(C)c1cnc(-c2[c-]cc3sc4ncccc4c3c2)c2c1CCCC2.[Ir].[c-]1ccccc1-c1ccccn1. The van der Waals surface area contributed by atoms with Gasteiger partial charge in [-0.25, -0.2) is 4.98 Å². The minimum absolute atomic E-state index is 0. The van der Waals surface area contributed by atoms with Gasteiger partial charge in [-0.3, -0.25) is 0 Å². The van der Waals surface area contributed by atoms with Gasteiger partial charge in [0.2, 0.25) is 0 Å². The average Bonchev–Trinajstić information content (AvgIpc) is 3.35. The predicted molar refractivity (Wildman–Crippen MR) is 167 cm³/mol. The first-order chi connectivity index (χ1) is 19.0. The van der Waals surface area contributed by atoms with Crippen LogP contribution in [0.15, 0.2) is 85.3 Å². The molecule has 0 spiro atoms. The molecule has 0 saturated heterocycles. The molecule has 0 bridgehead atoms. The van der Waals surface area contributed by atoms with Crippen molar-refractivity contribution in [1.82, 2.24) is 15.0 Å². The Kier molecular flexibility index (Phi) is 8.72. The predicted octanol–water partition coefficient (Wildman–Crippen LogP) is 8.28. The quantitative estimate of drug-likeness (QED) is 0.136. The van der Waals surface area contributed by atoms with Crippen molar-refractivity contribution >= 4 is 44.9 Å². The summed E-state index contributed by atoms with van der Waals surface area (Å²) in [5, 5.41) is 4.06. The Morgan fingerprint density at radius 3 is 2.33 bits per heavy atom. The molecular weight excluding hydrogens is 703 g/mol. The zero-order valence-electron chi connectivity index (χ0n) is 23.0. The summed E-state index contributed by atoms with van der Waals surface area (Å²) in [6.07, 6.45) is 10.8. The van der Waals surface area contributed by atoms with Crippen molar-refractivity contribution < 1.29 is 20.1 Å². The molecule has 7 rings (SSSR count). The van der Waals surface area contributed by atoms with Crippen LogP contribution < -0.4 is 5.19 Å². The van der Waals surface area contributed by atoms with Crippen molar-refractivity contribution in [3.05, 3.63) is 109 Å². The van der Waals surface area contributed by atoms with Crippen molar-refractivity contribution in [3.63, 3.8) is 0 Å². The summed E-state index contributed by atoms with van der Waals surface area (Å²) < 4.78 is 1.25. The summed E-state index contributed by atoms with van der Waals surface area (Å²) in [4.78, 5) is 14.8. The van der Waals surface area contributed by atoms with Gasteiger partial charge in [0.05, 0.1) is 8.07 Å². The van der Waals surface area contributed by atoms with Gasteiger partial charge in [0.15, 0.2) is 0 Å². The van der Waals surface area contributed by atoms with Gasteiger partial charge in [0.25, 0.3) is 0 Å². The van der Waals surface area contributed by atoms with Crippen molar-refractivity contribution in [3.8, 4) is 22.5 Å². The Bertz CT molecular complexity index is 1710. The molecule has 1 aliphatic carbocycles. The molecule has 0 saturated carbocycles. The van der Waals surface area contributed by atoms with E-state index in [1.807, 2.05) is 54.7 Å². The number of pyridine rings is 3. The summed E-state index contributed by atoms with van der Waals surface area (Å²) in [5.74, 6) is 0. The monoisotopic (exact) mass is 734 g/mol. The number of hydrogen-bond acceptors (Lipinski definition) is 4. The number of fused-ring (bicyclic) bond motifs is 4. The van der Waals surface area contributed by atoms with Crippen molar-refractivity contribution in [2.45, 2.75) is 45.3 Å². The van der Waals surface area contributed by atoms with Crippen LogP contribution in [-0.4, -0.2) is 23.0 Å². The summed E-state index contributed by atoms with van der Waals surface area (Å²) in [6.45, 7) is 7.30. The summed E-state index contributed by atoms with van der Waals surface area (Å²) >= 11 is 1.74. The minimum atomic E-state index is -1.38. The smallest absolute Gasteiger partial charge is 0.113 e. The molecule has 0 atom stereocenters. The maximum atomic E-state index is 4.99. The van der Waals surface area contributed by atoms with Crippen LogP contribution in [0.5, 0.6) is 0 Å². The second kappa shape index (κ2) is 12.2. The first-order valence-corrected chi connectivity index (χ1v) is 17.9. The maximum Gasteiger partial charge on any atom is 0.113 e. The molecule has 0 N–H and O–H groups in total. The van der Waals surface area contributed by atoms with Gasteiger partial charge in [0.1, 0.15) is 4.83 Å². The number of benzene rings is 2. The van der Waals surface area contributed by atoms with Crippen molar-refractivity contribution in [1.29, 1.82) is 0 Å². The van der Waals surface area contributed by atoms with E-state index in [2.05, 4.69) is 66.1 Å². The van der Waals surface area contributed by atoms with E-state index in [1.165, 1.54) is 40.3 Å². The number of thiophene rings is 1. The standard InChI is InChI=1S/C23H23N2SSi.C11H8N.Ir/c1-27(2,3)21-14-25-22(17-8-5-4-7-16(17)21)15-10-11-20-19(13-15)18-9-6-12-24-23(18)26-20;1-2-6-10(7-3-1)11-8-4-5-9-12-11;/h6,9,11-14H,4-5,7-8H2,1-3H3;1-6,8-9H;/q2*-1;. The zero-order valence-corrected chi connectivity index (χ0v) is 27.2. The molecule has 3 nitrogen and oxygen atoms in total. The summed E-state index contributed by atoms with van der Waals surface area (Å²) in [5.41, 5.74) is 7.37. The molecular formula is C34H31IrN3SSi-2. The number of rotatable bonds is 3. The van der Waals surface area contributed by atoms with Crippen LogP contribution in [0.3, 0.4) is 0 Å². The van der Waals surface area contributed by atoms with Crippen LogP contribution in [0.4, 0.5) is 0 Å². The molecule has 1 radical (unpaired) electrons. The Hall–Kier alpha value is -3.02. The van der Waals surface area contributed by atoms with E-state index in [0.717, 1.165) is 33.8 Å². The molecule has 0 unspecified atom stereocenters. The van der Waals surface area contributed by atoms with Gasteiger partial charge in [-0.1, -0.05) is 54.4 Å². The first-order valence-electron chi connectivity index (χ1n) is 13.6. The third-order valence-electron chi connectivity index (χ3n) is 7.30. The largest absolute Gasteiger partial charge is 0.305 e. The normalized spacial score (nSPS) is 12.8. The second-order valence-corrected chi connectivity index (χ2v) is 17.1. The third-order valence-corrected chi connectivity index (χ3v) is 10.4. The van der Waals surface area contributed by atoms with E-state index in [0.29, 0.717) is 0 Å². The Labute approximate surface area is 255 Å². The summed E-state index contributed by atoms with van der Waals surface area (Å²) in [6, 6.07) is 28.9. The van der Waals surface area contributed by atoms with E-state index < -0.39 is 8.07 Å². The first kappa shape index (κ1) is 28.5. The van der Waals surface area contributed by atoms with E-state index >= 15 is 0 Å². The molecule has 1 aliphatic rings. The van der Waals surface area contributed by atoms with Gasteiger partial charge in [-0.15, -0.1) is 59.7 Å². The molecule has 203 valence electrons. The van der Waals surface area contributed by atoms with Crippen LogP contribution in [0.25, 0.3) is 42.8 Å². The molecule has 6 aromatic rings. The Balaban J connectivity index is 0.000000209. The topological polar surface area (TPSA) is 38.7 Å². The Morgan fingerprint density at radius 1 is 0.775 bits per heavy atom. The van der Waals surface area contributed by atoms with Gasteiger partial charge < -0.3 is 9.97 Å². The van der Waals surface area contributed by atoms with Gasteiger partial charge in [-0.2, -0.15) is 11.3 Å². The van der Waals surface area contributed by atoms with E-state index in [1.54, 1.807) is 28.3 Å². The van der Waals surface area contributed by atoms with Crippen LogP contribution in [0, 0.1) is 12.1 Å². The number of hydrogen-bond donors (Lipinski definition) is 0. The van der Waals surface area contributed by atoms with Gasteiger partial charge in [-0.05, 0) is 64.5 Å². The van der Waals surface area contributed by atoms with E-state index in [9.17, 15) is 0 Å². The molecule has 0 aliphatic heterocycles.